The van der Waals surface area contributed by atoms with E-state index >= 15 is 0 Å². The number of rotatable bonds is 3. The number of carbonyl (C=O) groups is 1. The van der Waals surface area contributed by atoms with Crippen molar-refractivity contribution in [1.29, 1.82) is 0 Å². The molecule has 1 aliphatic rings. The molecule has 126 valence electrons. The van der Waals surface area contributed by atoms with Gasteiger partial charge in [0.1, 0.15) is 10.7 Å². The van der Waals surface area contributed by atoms with Gasteiger partial charge in [-0.2, -0.15) is 8.42 Å². The first kappa shape index (κ1) is 16.9. The monoisotopic (exact) mass is 368 g/mol. The van der Waals surface area contributed by atoms with Crippen LogP contribution in [0.4, 0.5) is 4.39 Å². The minimum atomic E-state index is -4.23. The van der Waals surface area contributed by atoms with Crippen molar-refractivity contribution in [2.24, 2.45) is 0 Å². The molecule has 0 heterocycles. The number of hydrogen-bond donors (Lipinski definition) is 0. The highest BCUT2D eigenvalue weighted by Gasteiger charge is 2.33. The molecule has 0 spiro atoms. The first-order chi connectivity index (χ1) is 11.2. The summed E-state index contributed by atoms with van der Waals surface area (Å²) in [5, 5.41) is -0.321. The summed E-state index contributed by atoms with van der Waals surface area (Å²) < 4.78 is 43.2. The smallest absolute Gasteiger partial charge is 0.339 e. The molecule has 0 bridgehead atoms. The lowest BCUT2D eigenvalue weighted by Crippen LogP contribution is -2.12. The third-order valence-corrected chi connectivity index (χ3v) is 5.59. The second-order valence-electron chi connectivity index (χ2n) is 5.81. The number of ketones is 1. The molecule has 1 unspecified atom stereocenters. The van der Waals surface area contributed by atoms with Gasteiger partial charge in [0.25, 0.3) is 0 Å². The molecule has 3 rings (SSSR count). The molecule has 0 saturated heterocycles. The predicted molar refractivity (Wildman–Crippen MR) is 87.8 cm³/mol. The molecule has 0 amide bonds. The number of carbonyl (C=O) groups excluding carboxylic acids is 1. The van der Waals surface area contributed by atoms with Crippen LogP contribution in [0.15, 0.2) is 35.2 Å². The fraction of sp³-hybridized carbons (Fsp3) is 0.235. The summed E-state index contributed by atoms with van der Waals surface area (Å²) in [6, 6.07) is 6.18. The third kappa shape index (κ3) is 2.80. The van der Waals surface area contributed by atoms with Gasteiger partial charge < -0.3 is 4.18 Å². The Hall–Kier alpha value is -1.92. The van der Waals surface area contributed by atoms with E-state index in [2.05, 4.69) is 0 Å². The van der Waals surface area contributed by atoms with E-state index in [1.807, 2.05) is 13.8 Å². The Kier molecular flexibility index (Phi) is 4.13. The Morgan fingerprint density at radius 3 is 2.62 bits per heavy atom. The van der Waals surface area contributed by atoms with Crippen LogP contribution in [0.2, 0.25) is 5.02 Å². The lowest BCUT2D eigenvalue weighted by atomic mass is 9.98. The Balaban J connectivity index is 2.06. The lowest BCUT2D eigenvalue weighted by Gasteiger charge is -2.13. The number of Topliss-reactive ketones (excluding diaryl/α,β-unsaturated/α-hetero) is 1. The van der Waals surface area contributed by atoms with Gasteiger partial charge in [-0.3, -0.25) is 4.79 Å². The lowest BCUT2D eigenvalue weighted by molar-refractivity contribution is 0.0989. The zero-order chi connectivity index (χ0) is 17.6. The van der Waals surface area contributed by atoms with E-state index in [0.717, 1.165) is 29.3 Å². The van der Waals surface area contributed by atoms with Gasteiger partial charge in [0.2, 0.25) is 0 Å². The molecule has 1 atom stereocenters. The molecule has 2 aromatic carbocycles. The summed E-state index contributed by atoms with van der Waals surface area (Å²) in [6.07, 6.45) is 0.318. The third-order valence-electron chi connectivity index (χ3n) is 4.07. The molecular formula is C17H14ClFO4S. The van der Waals surface area contributed by atoms with Crippen LogP contribution < -0.4 is 4.18 Å². The van der Waals surface area contributed by atoms with E-state index in [1.165, 1.54) is 6.07 Å². The Morgan fingerprint density at radius 2 is 1.96 bits per heavy atom. The highest BCUT2D eigenvalue weighted by Crippen LogP contribution is 2.41. The maximum Gasteiger partial charge on any atom is 0.339 e. The van der Waals surface area contributed by atoms with E-state index < -0.39 is 15.9 Å². The zero-order valence-electron chi connectivity index (χ0n) is 13.0. The van der Waals surface area contributed by atoms with Gasteiger partial charge in [-0.1, -0.05) is 24.6 Å². The fourth-order valence-electron chi connectivity index (χ4n) is 2.98. The van der Waals surface area contributed by atoms with Crippen LogP contribution >= 0.6 is 11.6 Å². The zero-order valence-corrected chi connectivity index (χ0v) is 14.5. The predicted octanol–water partition coefficient (Wildman–Crippen LogP) is 4.25. The average Bonchev–Trinajstić information content (AvgIpc) is 2.80. The van der Waals surface area contributed by atoms with Gasteiger partial charge in [-0.05, 0) is 48.2 Å². The molecule has 0 fully saturated rings. The molecule has 0 saturated carbocycles. The average molecular weight is 369 g/mol. The SMILES string of the molecule is Cc1ccc(OS(=O)(=O)c2ccc(F)c(Cl)c2)c2c1C(C)CC2=O. The molecule has 7 heteroatoms. The number of fused-ring (bicyclic) bond motifs is 1. The molecule has 0 aliphatic heterocycles. The molecule has 0 radical (unpaired) electrons. The molecule has 0 aromatic heterocycles. The molecule has 1 aliphatic carbocycles. The molecule has 4 nitrogen and oxygen atoms in total. The molecule has 0 N–H and O–H groups in total. The van der Waals surface area contributed by atoms with E-state index in [4.69, 9.17) is 15.8 Å². The van der Waals surface area contributed by atoms with Gasteiger partial charge in [0, 0.05) is 6.42 Å². The maximum atomic E-state index is 13.2. The van der Waals surface area contributed by atoms with Crippen molar-refractivity contribution in [3.05, 3.63) is 57.9 Å². The van der Waals surface area contributed by atoms with E-state index in [9.17, 15) is 17.6 Å². The van der Waals surface area contributed by atoms with Gasteiger partial charge in [-0.15, -0.1) is 0 Å². The van der Waals surface area contributed by atoms with E-state index in [-0.39, 0.29) is 27.4 Å². The number of halogens is 2. The largest absolute Gasteiger partial charge is 0.378 e. The second kappa shape index (κ2) is 5.86. The maximum absolute atomic E-state index is 13.2. The summed E-state index contributed by atoms with van der Waals surface area (Å²) in [4.78, 5) is 11.9. The van der Waals surface area contributed by atoms with Crippen molar-refractivity contribution in [3.8, 4) is 5.75 Å². The van der Waals surface area contributed by atoms with E-state index in [0.29, 0.717) is 12.0 Å². The van der Waals surface area contributed by atoms with Crippen LogP contribution in [-0.2, 0) is 10.1 Å². The number of hydrogen-bond acceptors (Lipinski definition) is 4. The van der Waals surface area contributed by atoms with E-state index in [1.54, 1.807) is 6.07 Å². The quantitative estimate of drug-likeness (QED) is 0.760. The van der Waals surface area contributed by atoms with Crippen LogP contribution in [0.1, 0.15) is 40.7 Å². The van der Waals surface area contributed by atoms with Crippen molar-refractivity contribution in [1.82, 2.24) is 0 Å². The first-order valence-electron chi connectivity index (χ1n) is 7.27. The minimum absolute atomic E-state index is 0.00889. The van der Waals surface area contributed by atoms with Gasteiger partial charge in [0.15, 0.2) is 11.5 Å². The van der Waals surface area contributed by atoms with Crippen molar-refractivity contribution in [3.63, 3.8) is 0 Å². The highest BCUT2D eigenvalue weighted by atomic mass is 35.5. The standard InChI is InChI=1S/C17H14ClFO4S/c1-9-3-6-15(17-14(20)7-10(2)16(9)17)23-24(21,22)11-4-5-13(19)12(18)8-11/h3-6,8,10H,7H2,1-2H3. The van der Waals surface area contributed by atoms with Gasteiger partial charge in [0.05, 0.1) is 10.6 Å². The molecule has 2 aromatic rings. The Bertz CT molecular complexity index is 953. The first-order valence-corrected chi connectivity index (χ1v) is 9.05. The van der Waals surface area contributed by atoms with Crippen molar-refractivity contribution >= 4 is 27.5 Å². The number of benzene rings is 2. The summed E-state index contributed by atoms with van der Waals surface area (Å²) in [5.41, 5.74) is 2.03. The van der Waals surface area contributed by atoms with Crippen LogP contribution in [-0.4, -0.2) is 14.2 Å². The summed E-state index contributed by atoms with van der Waals surface area (Å²) >= 11 is 5.63. The second-order valence-corrected chi connectivity index (χ2v) is 7.76. The molecule has 24 heavy (non-hydrogen) atoms. The van der Waals surface area contributed by atoms with Gasteiger partial charge >= 0.3 is 10.1 Å². The highest BCUT2D eigenvalue weighted by molar-refractivity contribution is 7.87. The van der Waals surface area contributed by atoms with Crippen molar-refractivity contribution in [2.45, 2.75) is 31.1 Å². The summed E-state index contributed by atoms with van der Waals surface area (Å²) in [6.45, 7) is 3.78. The van der Waals surface area contributed by atoms with Crippen LogP contribution in [0.25, 0.3) is 0 Å². The molecular weight excluding hydrogens is 355 g/mol. The fourth-order valence-corrected chi connectivity index (χ4v) is 4.19. The normalized spacial score (nSPS) is 17.0. The Morgan fingerprint density at radius 1 is 1.25 bits per heavy atom. The van der Waals surface area contributed by atoms with Crippen molar-refractivity contribution < 1.29 is 21.8 Å². The summed E-state index contributed by atoms with van der Waals surface area (Å²) in [5.74, 6) is -0.871. The van der Waals surface area contributed by atoms with Crippen LogP contribution in [0.3, 0.4) is 0 Å². The topological polar surface area (TPSA) is 60.4 Å². The van der Waals surface area contributed by atoms with Crippen LogP contribution in [0.5, 0.6) is 5.75 Å². The van der Waals surface area contributed by atoms with Crippen molar-refractivity contribution in [2.75, 3.05) is 0 Å². The number of aryl methyl sites for hydroxylation is 1. The minimum Gasteiger partial charge on any atom is -0.378 e. The van der Waals surface area contributed by atoms with Gasteiger partial charge in [-0.25, -0.2) is 4.39 Å². The summed E-state index contributed by atoms with van der Waals surface area (Å²) in [7, 11) is -4.23. The van der Waals surface area contributed by atoms with Crippen LogP contribution in [0, 0.1) is 12.7 Å². The Labute approximate surface area is 144 Å².